The number of halogens is 1. The monoisotopic (exact) mass is 298 g/mol. The molecule has 0 aromatic carbocycles. The van der Waals surface area contributed by atoms with Gasteiger partial charge in [-0.15, -0.1) is 0 Å². The maximum absolute atomic E-state index is 11.9. The van der Waals surface area contributed by atoms with E-state index in [2.05, 4.69) is 12.0 Å². The number of aromatic nitrogens is 2. The largest absolute Gasteiger partial charge is 0.481 e. The smallest absolute Gasteiger partial charge is 0.310 e. The molecule has 1 N–H and O–H groups in total. The fraction of sp³-hybridized carbons (Fsp3) is 0.733. The van der Waals surface area contributed by atoms with Gasteiger partial charge in [-0.3, -0.25) is 9.48 Å². The van der Waals surface area contributed by atoms with Crippen LogP contribution < -0.4 is 0 Å². The lowest BCUT2D eigenvalue weighted by atomic mass is 9.67. The molecule has 1 saturated carbocycles. The summed E-state index contributed by atoms with van der Waals surface area (Å²) < 4.78 is 1.76. The van der Waals surface area contributed by atoms with Crippen molar-refractivity contribution in [3.05, 3.63) is 16.4 Å². The number of hydrogen-bond acceptors (Lipinski definition) is 2. The highest BCUT2D eigenvalue weighted by Gasteiger charge is 2.43. The van der Waals surface area contributed by atoms with E-state index in [4.69, 9.17) is 11.6 Å². The Labute approximate surface area is 125 Å². The molecule has 1 aromatic rings. The Hall–Kier alpha value is -1.03. The quantitative estimate of drug-likeness (QED) is 0.926. The van der Waals surface area contributed by atoms with Crippen LogP contribution in [0.5, 0.6) is 0 Å². The SMILES string of the molecule is CCc1nn(C)c(CC2(C(=O)O)CCCC(C)C2)c1Cl. The van der Waals surface area contributed by atoms with Crippen LogP contribution in [0.3, 0.4) is 0 Å². The Morgan fingerprint density at radius 1 is 1.60 bits per heavy atom. The lowest BCUT2D eigenvalue weighted by Gasteiger charge is -2.36. The van der Waals surface area contributed by atoms with Crippen LogP contribution >= 0.6 is 11.6 Å². The molecule has 20 heavy (non-hydrogen) atoms. The Bertz CT molecular complexity index is 512. The summed E-state index contributed by atoms with van der Waals surface area (Å²) in [5.74, 6) is -0.239. The van der Waals surface area contributed by atoms with Crippen molar-refractivity contribution in [2.24, 2.45) is 18.4 Å². The topological polar surface area (TPSA) is 55.1 Å². The van der Waals surface area contributed by atoms with E-state index in [-0.39, 0.29) is 0 Å². The third-order valence-corrected chi connectivity index (χ3v) is 4.99. The van der Waals surface area contributed by atoms with Gasteiger partial charge < -0.3 is 5.11 Å². The van der Waals surface area contributed by atoms with Gasteiger partial charge in [-0.2, -0.15) is 5.10 Å². The van der Waals surface area contributed by atoms with Gasteiger partial charge in [0.1, 0.15) is 0 Å². The zero-order chi connectivity index (χ0) is 14.9. The zero-order valence-electron chi connectivity index (χ0n) is 12.4. The van der Waals surface area contributed by atoms with E-state index < -0.39 is 11.4 Å². The van der Waals surface area contributed by atoms with Crippen LogP contribution in [0.1, 0.15) is 50.9 Å². The first-order valence-corrected chi connectivity index (χ1v) is 7.71. The summed E-state index contributed by atoms with van der Waals surface area (Å²) in [6.45, 7) is 4.15. The van der Waals surface area contributed by atoms with Crippen LogP contribution in [0.2, 0.25) is 5.02 Å². The predicted octanol–water partition coefficient (Wildman–Crippen LogP) is 3.46. The van der Waals surface area contributed by atoms with Crippen LogP contribution in [-0.4, -0.2) is 20.9 Å². The van der Waals surface area contributed by atoms with Crippen molar-refractivity contribution < 1.29 is 9.90 Å². The minimum absolute atomic E-state index is 0.456. The molecule has 0 saturated heterocycles. The van der Waals surface area contributed by atoms with Gasteiger partial charge in [0.2, 0.25) is 0 Å². The Kier molecular flexibility index (Phi) is 4.43. The average Bonchev–Trinajstić information content (AvgIpc) is 2.66. The van der Waals surface area contributed by atoms with Gasteiger partial charge in [-0.05, 0) is 25.2 Å². The number of aryl methyl sites for hydroxylation is 2. The van der Waals surface area contributed by atoms with E-state index in [0.29, 0.717) is 17.4 Å². The van der Waals surface area contributed by atoms with Gasteiger partial charge >= 0.3 is 5.97 Å². The second kappa shape index (κ2) is 5.76. The normalized spacial score (nSPS) is 26.7. The van der Waals surface area contributed by atoms with Crippen molar-refractivity contribution in [1.82, 2.24) is 9.78 Å². The standard InChI is InChI=1S/C15H23ClN2O2/c1-4-11-13(16)12(18(3)17-11)9-15(14(19)20)7-5-6-10(2)8-15/h10H,4-9H2,1-3H3,(H,19,20). The number of carboxylic acids is 1. The molecule has 1 fully saturated rings. The number of nitrogens with zero attached hydrogens (tertiary/aromatic N) is 2. The van der Waals surface area contributed by atoms with Gasteiger partial charge in [-0.1, -0.05) is 38.3 Å². The first kappa shape index (κ1) is 15.4. The Morgan fingerprint density at radius 2 is 2.30 bits per heavy atom. The zero-order valence-corrected chi connectivity index (χ0v) is 13.2. The summed E-state index contributed by atoms with van der Waals surface area (Å²) in [6.07, 6.45) is 4.80. The number of carbonyl (C=O) groups is 1. The molecule has 0 spiro atoms. The summed E-state index contributed by atoms with van der Waals surface area (Å²) in [5.41, 5.74) is 1.04. The van der Waals surface area contributed by atoms with Crippen molar-refractivity contribution >= 4 is 17.6 Å². The van der Waals surface area contributed by atoms with E-state index in [1.807, 2.05) is 14.0 Å². The Morgan fingerprint density at radius 3 is 2.80 bits per heavy atom. The number of aliphatic carboxylic acids is 1. The summed E-state index contributed by atoms with van der Waals surface area (Å²) >= 11 is 6.38. The predicted molar refractivity (Wildman–Crippen MR) is 79.0 cm³/mol. The maximum atomic E-state index is 11.9. The van der Waals surface area contributed by atoms with E-state index in [9.17, 15) is 9.90 Å². The second-order valence-corrected chi connectivity index (χ2v) is 6.53. The lowest BCUT2D eigenvalue weighted by molar-refractivity contribution is -0.152. The first-order chi connectivity index (χ1) is 9.39. The third kappa shape index (κ3) is 2.71. The third-order valence-electron chi connectivity index (χ3n) is 4.55. The summed E-state index contributed by atoms with van der Waals surface area (Å²) in [4.78, 5) is 11.9. The fourth-order valence-electron chi connectivity index (χ4n) is 3.42. The van der Waals surface area contributed by atoms with Crippen molar-refractivity contribution in [1.29, 1.82) is 0 Å². The highest BCUT2D eigenvalue weighted by molar-refractivity contribution is 6.31. The molecule has 1 heterocycles. The second-order valence-electron chi connectivity index (χ2n) is 6.15. The minimum Gasteiger partial charge on any atom is -0.481 e. The maximum Gasteiger partial charge on any atom is 0.310 e. The van der Waals surface area contributed by atoms with Gasteiger partial charge in [-0.25, -0.2) is 0 Å². The van der Waals surface area contributed by atoms with Crippen LogP contribution in [-0.2, 0) is 24.7 Å². The minimum atomic E-state index is -0.695. The molecule has 1 aliphatic carbocycles. The summed E-state index contributed by atoms with van der Waals surface area (Å²) in [7, 11) is 1.85. The molecule has 0 aliphatic heterocycles. The van der Waals surface area contributed by atoms with Crippen molar-refractivity contribution in [2.45, 2.75) is 52.4 Å². The molecular formula is C15H23ClN2O2. The highest BCUT2D eigenvalue weighted by Crippen LogP contribution is 2.43. The molecule has 1 aromatic heterocycles. The van der Waals surface area contributed by atoms with E-state index >= 15 is 0 Å². The van der Waals surface area contributed by atoms with Gasteiger partial charge in [0.25, 0.3) is 0 Å². The summed E-state index contributed by atoms with van der Waals surface area (Å²) in [5, 5.41) is 14.8. The van der Waals surface area contributed by atoms with Crippen molar-refractivity contribution in [3.8, 4) is 0 Å². The first-order valence-electron chi connectivity index (χ1n) is 7.33. The molecule has 4 nitrogen and oxygen atoms in total. The number of carboxylic acid groups (broad SMARTS) is 1. The van der Waals surface area contributed by atoms with Crippen LogP contribution in [0.4, 0.5) is 0 Å². The van der Waals surface area contributed by atoms with E-state index in [1.165, 1.54) is 0 Å². The highest BCUT2D eigenvalue weighted by atomic mass is 35.5. The molecule has 0 bridgehead atoms. The molecule has 1 aliphatic rings. The van der Waals surface area contributed by atoms with Gasteiger partial charge in [0.15, 0.2) is 0 Å². The molecule has 2 unspecified atom stereocenters. The fourth-order valence-corrected chi connectivity index (χ4v) is 3.78. The van der Waals surface area contributed by atoms with Crippen molar-refractivity contribution in [3.63, 3.8) is 0 Å². The van der Waals surface area contributed by atoms with Crippen LogP contribution in [0.15, 0.2) is 0 Å². The molecule has 0 radical (unpaired) electrons. The van der Waals surface area contributed by atoms with Crippen LogP contribution in [0.25, 0.3) is 0 Å². The molecule has 5 heteroatoms. The van der Waals surface area contributed by atoms with E-state index in [0.717, 1.165) is 43.5 Å². The molecule has 2 atom stereocenters. The molecular weight excluding hydrogens is 276 g/mol. The Balaban J connectivity index is 2.34. The van der Waals surface area contributed by atoms with E-state index in [1.54, 1.807) is 4.68 Å². The average molecular weight is 299 g/mol. The molecule has 2 rings (SSSR count). The summed E-state index contributed by atoms with van der Waals surface area (Å²) in [6, 6.07) is 0. The number of rotatable bonds is 4. The van der Waals surface area contributed by atoms with Crippen LogP contribution in [0, 0.1) is 11.3 Å². The molecule has 112 valence electrons. The molecule has 0 amide bonds. The van der Waals surface area contributed by atoms with Crippen molar-refractivity contribution in [2.75, 3.05) is 0 Å². The van der Waals surface area contributed by atoms with Gasteiger partial charge in [0, 0.05) is 13.5 Å². The lowest BCUT2D eigenvalue weighted by Crippen LogP contribution is -2.38. The van der Waals surface area contributed by atoms with Gasteiger partial charge in [0.05, 0.1) is 21.8 Å². The number of hydrogen-bond donors (Lipinski definition) is 1.